The quantitative estimate of drug-likeness (QED) is 0.650. The van der Waals surface area contributed by atoms with Crippen LogP contribution < -0.4 is 22.3 Å². The fourth-order valence-electron chi connectivity index (χ4n) is 1.11. The van der Waals surface area contributed by atoms with Crippen molar-refractivity contribution < 1.29 is 13.6 Å². The number of nitrogens with zero attached hydrogens (tertiary/aromatic N) is 1. The Bertz CT molecular complexity index is 569. The van der Waals surface area contributed by atoms with E-state index in [1.807, 2.05) is 5.32 Å². The lowest BCUT2D eigenvalue weighted by Gasteiger charge is -2.14. The summed E-state index contributed by atoms with van der Waals surface area (Å²) < 4.78 is 26.2. The molecule has 0 atom stereocenters. The summed E-state index contributed by atoms with van der Waals surface area (Å²) >= 11 is 0. The smallest absolute Gasteiger partial charge is 0.328 e. The number of rotatable bonds is 4. The molecule has 19 heavy (non-hydrogen) atoms. The number of nitrogens with two attached hydrogens (primary N) is 1. The van der Waals surface area contributed by atoms with Gasteiger partial charge in [-0.25, -0.2) is 13.6 Å². The molecular formula is C9H13ClF2N4O3. The van der Waals surface area contributed by atoms with Crippen LogP contribution in [0.3, 0.4) is 0 Å². The summed E-state index contributed by atoms with van der Waals surface area (Å²) in [4.78, 5) is 36.1. The third-order valence-electron chi connectivity index (χ3n) is 2.23. The molecule has 1 amide bonds. The number of halogens is 3. The van der Waals surface area contributed by atoms with Crippen molar-refractivity contribution in [2.75, 3.05) is 13.1 Å². The molecule has 0 radical (unpaired) electrons. The summed E-state index contributed by atoms with van der Waals surface area (Å²) in [7, 11) is 1.16. The molecule has 1 aromatic rings. The van der Waals surface area contributed by atoms with Gasteiger partial charge in [0.1, 0.15) is 5.56 Å². The molecule has 0 bridgehead atoms. The molecule has 0 aliphatic heterocycles. The molecule has 4 N–H and O–H groups in total. The van der Waals surface area contributed by atoms with Crippen molar-refractivity contribution in [3.05, 3.63) is 32.6 Å². The van der Waals surface area contributed by atoms with Crippen molar-refractivity contribution in [3.8, 4) is 0 Å². The number of H-pyrrole nitrogens is 1. The van der Waals surface area contributed by atoms with Crippen molar-refractivity contribution in [1.82, 2.24) is 14.9 Å². The standard InChI is InChI=1S/C9H12F2N4O3.ClH/c1-15-7(17)5(2-13-8(15)18)6(16)14-4-9(10,11)3-12;/h2H,3-4,12H2,1H3,(H,13,18)(H,14,16);1H. The molecule has 1 rings (SSSR count). The minimum atomic E-state index is -3.25. The van der Waals surface area contributed by atoms with Crippen molar-refractivity contribution in [2.24, 2.45) is 12.8 Å². The van der Waals surface area contributed by atoms with Gasteiger partial charge >= 0.3 is 5.69 Å². The molecule has 0 saturated carbocycles. The molecule has 0 aliphatic rings. The van der Waals surface area contributed by atoms with Gasteiger partial charge in [-0.2, -0.15) is 0 Å². The Morgan fingerprint density at radius 2 is 2.11 bits per heavy atom. The molecule has 1 aromatic heterocycles. The number of hydrogen-bond acceptors (Lipinski definition) is 4. The van der Waals surface area contributed by atoms with E-state index in [0.717, 1.165) is 13.2 Å². The van der Waals surface area contributed by atoms with Crippen LogP contribution in [0.4, 0.5) is 8.78 Å². The number of alkyl halides is 2. The number of nitrogens with one attached hydrogen (secondary N) is 2. The number of carbonyl (C=O) groups excluding carboxylic acids is 1. The van der Waals surface area contributed by atoms with Crippen LogP contribution in [0.2, 0.25) is 0 Å². The first-order chi connectivity index (χ1) is 8.28. The second-order valence-corrected chi connectivity index (χ2v) is 3.61. The monoisotopic (exact) mass is 298 g/mol. The predicted molar refractivity (Wildman–Crippen MR) is 65.9 cm³/mol. The van der Waals surface area contributed by atoms with E-state index >= 15 is 0 Å². The normalized spacial score (nSPS) is 10.7. The number of hydrogen-bond donors (Lipinski definition) is 3. The highest BCUT2D eigenvalue weighted by Crippen LogP contribution is 2.08. The van der Waals surface area contributed by atoms with E-state index < -0.39 is 41.7 Å². The van der Waals surface area contributed by atoms with E-state index in [1.165, 1.54) is 0 Å². The van der Waals surface area contributed by atoms with Crippen LogP contribution in [-0.2, 0) is 7.05 Å². The first kappa shape index (κ1) is 17.3. The topological polar surface area (TPSA) is 110 Å². The van der Waals surface area contributed by atoms with Crippen molar-refractivity contribution in [1.29, 1.82) is 0 Å². The first-order valence-corrected chi connectivity index (χ1v) is 4.93. The van der Waals surface area contributed by atoms with E-state index in [9.17, 15) is 23.2 Å². The van der Waals surface area contributed by atoms with Gasteiger partial charge in [-0.3, -0.25) is 14.2 Å². The molecule has 0 saturated heterocycles. The van der Waals surface area contributed by atoms with Gasteiger partial charge in [-0.1, -0.05) is 0 Å². The second kappa shape index (κ2) is 6.43. The molecule has 10 heteroatoms. The summed E-state index contributed by atoms with van der Waals surface area (Å²) in [5.74, 6) is -4.25. The number of amides is 1. The maximum atomic E-state index is 12.8. The van der Waals surface area contributed by atoms with Crippen molar-refractivity contribution in [3.63, 3.8) is 0 Å². The second-order valence-electron chi connectivity index (χ2n) is 3.61. The zero-order chi connectivity index (χ0) is 13.9. The van der Waals surface area contributed by atoms with Crippen LogP contribution in [0.15, 0.2) is 15.8 Å². The Kier molecular flexibility index (Phi) is 5.84. The van der Waals surface area contributed by atoms with Gasteiger partial charge in [0.15, 0.2) is 0 Å². The molecule has 0 aliphatic carbocycles. The summed E-state index contributed by atoms with van der Waals surface area (Å²) in [5.41, 5.74) is 2.79. The highest BCUT2D eigenvalue weighted by atomic mass is 35.5. The highest BCUT2D eigenvalue weighted by Gasteiger charge is 2.27. The first-order valence-electron chi connectivity index (χ1n) is 4.93. The molecule has 1 heterocycles. The van der Waals surface area contributed by atoms with Crippen LogP contribution in [0.1, 0.15) is 10.4 Å². The third kappa shape index (κ3) is 4.14. The van der Waals surface area contributed by atoms with Gasteiger partial charge in [0.2, 0.25) is 0 Å². The lowest BCUT2D eigenvalue weighted by Crippen LogP contribution is -2.44. The van der Waals surface area contributed by atoms with Gasteiger partial charge in [0.05, 0.1) is 13.1 Å². The predicted octanol–water partition coefficient (Wildman–Crippen LogP) is -1.18. The molecule has 108 valence electrons. The average molecular weight is 299 g/mol. The molecule has 0 fully saturated rings. The minimum absolute atomic E-state index is 0. The summed E-state index contributed by atoms with van der Waals surface area (Å²) in [6.45, 7) is -1.90. The largest absolute Gasteiger partial charge is 0.346 e. The van der Waals surface area contributed by atoms with Gasteiger partial charge in [0, 0.05) is 13.2 Å². The Morgan fingerprint density at radius 1 is 1.53 bits per heavy atom. The summed E-state index contributed by atoms with van der Waals surface area (Å²) in [5, 5.41) is 1.87. The number of aromatic amines is 1. The third-order valence-corrected chi connectivity index (χ3v) is 2.23. The average Bonchev–Trinajstić information content (AvgIpc) is 2.33. The summed E-state index contributed by atoms with van der Waals surface area (Å²) in [6.07, 6.45) is 0.876. The van der Waals surface area contributed by atoms with E-state index in [0.29, 0.717) is 4.57 Å². The Balaban J connectivity index is 0.00000324. The van der Waals surface area contributed by atoms with E-state index in [1.54, 1.807) is 0 Å². The van der Waals surface area contributed by atoms with Crippen LogP contribution in [-0.4, -0.2) is 34.5 Å². The maximum absolute atomic E-state index is 12.8. The fraction of sp³-hybridized carbons (Fsp3) is 0.444. The van der Waals surface area contributed by atoms with E-state index in [2.05, 4.69) is 4.98 Å². The molecule has 0 unspecified atom stereocenters. The van der Waals surface area contributed by atoms with Gasteiger partial charge < -0.3 is 16.0 Å². The highest BCUT2D eigenvalue weighted by molar-refractivity contribution is 5.93. The number of carbonyl (C=O) groups is 1. The minimum Gasteiger partial charge on any atom is -0.346 e. The van der Waals surface area contributed by atoms with Crippen LogP contribution in [0.25, 0.3) is 0 Å². The van der Waals surface area contributed by atoms with Gasteiger partial charge in [0.25, 0.3) is 17.4 Å². The lowest BCUT2D eigenvalue weighted by atomic mass is 10.3. The van der Waals surface area contributed by atoms with Crippen molar-refractivity contribution in [2.45, 2.75) is 5.92 Å². The Labute approximate surface area is 112 Å². The molecule has 0 spiro atoms. The Hall–Kier alpha value is -1.74. The maximum Gasteiger partial charge on any atom is 0.328 e. The molecule has 0 aromatic carbocycles. The van der Waals surface area contributed by atoms with Crippen LogP contribution >= 0.6 is 12.4 Å². The fourth-order valence-corrected chi connectivity index (χ4v) is 1.11. The number of aromatic nitrogens is 2. The zero-order valence-electron chi connectivity index (χ0n) is 9.91. The SMILES string of the molecule is Cl.Cn1c(=O)[nH]cc(C(=O)NCC(F)(F)CN)c1=O. The lowest BCUT2D eigenvalue weighted by molar-refractivity contribution is 0.0118. The van der Waals surface area contributed by atoms with Gasteiger partial charge in [-0.15, -0.1) is 12.4 Å². The van der Waals surface area contributed by atoms with E-state index in [-0.39, 0.29) is 12.4 Å². The van der Waals surface area contributed by atoms with Crippen LogP contribution in [0.5, 0.6) is 0 Å². The summed E-state index contributed by atoms with van der Waals surface area (Å²) in [6, 6.07) is 0. The van der Waals surface area contributed by atoms with Gasteiger partial charge in [-0.05, 0) is 0 Å². The van der Waals surface area contributed by atoms with Crippen molar-refractivity contribution >= 4 is 18.3 Å². The Morgan fingerprint density at radius 3 is 2.63 bits per heavy atom. The molecule has 7 nitrogen and oxygen atoms in total. The van der Waals surface area contributed by atoms with E-state index in [4.69, 9.17) is 5.73 Å². The zero-order valence-corrected chi connectivity index (χ0v) is 10.7. The van der Waals surface area contributed by atoms with Crippen LogP contribution in [0, 0.1) is 0 Å². The molecular weight excluding hydrogens is 286 g/mol.